The number of nitrogens with zero attached hydrogens (tertiary/aromatic N) is 7. The summed E-state index contributed by atoms with van der Waals surface area (Å²) >= 11 is 6.41. The number of piperazine rings is 2. The van der Waals surface area contributed by atoms with Gasteiger partial charge in [-0.15, -0.1) is 0 Å². The van der Waals surface area contributed by atoms with Crippen LogP contribution in [0.3, 0.4) is 0 Å². The van der Waals surface area contributed by atoms with Crippen molar-refractivity contribution in [3.63, 3.8) is 0 Å². The average Bonchev–Trinajstić information content (AvgIpc) is 3.56. The van der Waals surface area contributed by atoms with Crippen LogP contribution in [0, 0.1) is 0 Å². The Labute approximate surface area is 340 Å². The molecule has 300 valence electrons. The number of anilines is 6. The number of rotatable bonds is 9. The molecule has 17 heteroatoms. The van der Waals surface area contributed by atoms with Crippen LogP contribution in [-0.2, 0) is 16.1 Å². The fourth-order valence-corrected chi connectivity index (χ4v) is 8.05. The van der Waals surface area contributed by atoms with E-state index >= 15 is 0 Å². The number of methoxy groups -OCH3 is 1. The molecule has 4 aromatic rings. The summed E-state index contributed by atoms with van der Waals surface area (Å²) in [5.74, 6) is 0.209. The number of piperidine rings is 1. The number of ketones is 1. The van der Waals surface area contributed by atoms with Gasteiger partial charge < -0.3 is 39.9 Å². The number of carbonyl (C=O) groups is 5. The maximum Gasteiger partial charge on any atom is 0.320 e. The van der Waals surface area contributed by atoms with E-state index in [1.165, 1.54) is 13.1 Å². The molecule has 8 rings (SSSR count). The van der Waals surface area contributed by atoms with Crippen LogP contribution in [-0.4, -0.2) is 120 Å². The van der Waals surface area contributed by atoms with E-state index in [0.29, 0.717) is 104 Å². The van der Waals surface area contributed by atoms with Crippen molar-refractivity contribution in [2.24, 2.45) is 0 Å². The first-order chi connectivity index (χ1) is 28.1. The third-order valence-electron chi connectivity index (χ3n) is 11.1. The maximum atomic E-state index is 13.6. The third kappa shape index (κ3) is 7.79. The molecular weight excluding hydrogens is 764 g/mol. The van der Waals surface area contributed by atoms with Crippen LogP contribution in [0.15, 0.2) is 66.9 Å². The van der Waals surface area contributed by atoms with Crippen molar-refractivity contribution in [1.29, 1.82) is 0 Å². The molecule has 3 N–H and O–H groups in total. The van der Waals surface area contributed by atoms with Crippen LogP contribution < -0.4 is 30.5 Å². The smallest absolute Gasteiger partial charge is 0.320 e. The molecule has 0 spiro atoms. The zero-order valence-corrected chi connectivity index (χ0v) is 32.9. The van der Waals surface area contributed by atoms with E-state index in [-0.39, 0.29) is 36.0 Å². The summed E-state index contributed by atoms with van der Waals surface area (Å²) < 4.78 is 5.74. The molecule has 3 fully saturated rings. The molecular formula is C41H43ClN10O6. The predicted octanol–water partition coefficient (Wildman–Crippen LogP) is 4.65. The molecule has 5 amide bonds. The number of hydrogen-bond acceptors (Lipinski definition) is 12. The zero-order valence-electron chi connectivity index (χ0n) is 32.2. The van der Waals surface area contributed by atoms with Crippen molar-refractivity contribution < 1.29 is 28.7 Å². The van der Waals surface area contributed by atoms with Crippen LogP contribution in [0.5, 0.6) is 5.75 Å². The second kappa shape index (κ2) is 16.2. The fourth-order valence-electron chi connectivity index (χ4n) is 7.91. The first-order valence-corrected chi connectivity index (χ1v) is 19.6. The van der Waals surface area contributed by atoms with E-state index in [1.807, 2.05) is 52.3 Å². The van der Waals surface area contributed by atoms with Gasteiger partial charge in [-0.05, 0) is 61.4 Å². The molecule has 4 aliphatic rings. The largest absolute Gasteiger partial charge is 0.494 e. The lowest BCUT2D eigenvalue weighted by Crippen LogP contribution is -2.57. The van der Waals surface area contributed by atoms with Crippen LogP contribution >= 0.6 is 11.6 Å². The Hall–Kier alpha value is -6.42. The van der Waals surface area contributed by atoms with E-state index < -0.39 is 11.9 Å². The van der Waals surface area contributed by atoms with Gasteiger partial charge in [-0.25, -0.2) is 9.78 Å². The highest BCUT2D eigenvalue weighted by Gasteiger charge is 2.39. The van der Waals surface area contributed by atoms with Gasteiger partial charge in [0.1, 0.15) is 16.8 Å². The monoisotopic (exact) mass is 806 g/mol. The third-order valence-corrected chi connectivity index (χ3v) is 11.3. The second-order valence-corrected chi connectivity index (χ2v) is 15.0. The van der Waals surface area contributed by atoms with Crippen LogP contribution in [0.25, 0.3) is 0 Å². The van der Waals surface area contributed by atoms with Gasteiger partial charge in [0.05, 0.1) is 24.7 Å². The number of urea groups is 1. The van der Waals surface area contributed by atoms with Crippen LogP contribution in [0.2, 0.25) is 5.02 Å². The summed E-state index contributed by atoms with van der Waals surface area (Å²) in [5.41, 5.74) is 5.13. The molecule has 1 unspecified atom stereocenters. The van der Waals surface area contributed by atoms with Gasteiger partial charge in [-0.3, -0.25) is 24.5 Å². The van der Waals surface area contributed by atoms with E-state index in [9.17, 15) is 24.0 Å². The number of fused-ring (bicyclic) bond motifs is 1. The Morgan fingerprint density at radius 3 is 2.19 bits per heavy atom. The van der Waals surface area contributed by atoms with Gasteiger partial charge in [0.2, 0.25) is 17.8 Å². The Bertz CT molecular complexity index is 2290. The highest BCUT2D eigenvalue weighted by Crippen LogP contribution is 2.34. The van der Waals surface area contributed by atoms with Crippen LogP contribution in [0.4, 0.5) is 39.3 Å². The van der Waals surface area contributed by atoms with Gasteiger partial charge in [-0.1, -0.05) is 23.7 Å². The molecule has 0 radical (unpaired) electrons. The normalized spacial score (nSPS) is 18.2. The van der Waals surface area contributed by atoms with Gasteiger partial charge in [0.15, 0.2) is 11.6 Å². The molecule has 0 saturated carbocycles. The van der Waals surface area contributed by atoms with Crippen molar-refractivity contribution >= 4 is 75.7 Å². The minimum absolute atomic E-state index is 0.0254. The van der Waals surface area contributed by atoms with Gasteiger partial charge in [0, 0.05) is 93.9 Å². The minimum atomic E-state index is -0.649. The maximum absolute atomic E-state index is 13.6. The van der Waals surface area contributed by atoms with Crippen molar-refractivity contribution in [3.8, 4) is 5.75 Å². The molecule has 0 aliphatic carbocycles. The van der Waals surface area contributed by atoms with E-state index in [4.69, 9.17) is 16.3 Å². The highest BCUT2D eigenvalue weighted by molar-refractivity contribution is 6.33. The van der Waals surface area contributed by atoms with E-state index in [1.54, 1.807) is 30.2 Å². The Balaban J connectivity index is 0.838. The predicted molar refractivity (Wildman–Crippen MR) is 219 cm³/mol. The molecule has 0 bridgehead atoms. The van der Waals surface area contributed by atoms with Gasteiger partial charge in [-0.2, -0.15) is 4.98 Å². The molecule has 3 aromatic carbocycles. The summed E-state index contributed by atoms with van der Waals surface area (Å²) in [7, 11) is 1.60. The minimum Gasteiger partial charge on any atom is -0.494 e. The Morgan fingerprint density at radius 2 is 1.52 bits per heavy atom. The number of para-hydroxylation sites is 1. The molecule has 1 aromatic heterocycles. The lowest BCUT2D eigenvalue weighted by molar-refractivity contribution is -0.136. The van der Waals surface area contributed by atoms with Crippen molar-refractivity contribution in [1.82, 2.24) is 30.0 Å². The number of aromatic nitrogens is 2. The Morgan fingerprint density at radius 1 is 0.845 bits per heavy atom. The first-order valence-electron chi connectivity index (χ1n) is 19.2. The number of halogens is 1. The summed E-state index contributed by atoms with van der Waals surface area (Å²) in [6, 6.07) is 18.1. The number of benzene rings is 3. The lowest BCUT2D eigenvalue weighted by Gasteiger charge is -2.41. The lowest BCUT2D eigenvalue weighted by atomic mass is 10.0. The summed E-state index contributed by atoms with van der Waals surface area (Å²) in [6.07, 6.45) is 2.02. The molecule has 16 nitrogen and oxygen atoms in total. The molecule has 4 aliphatic heterocycles. The zero-order chi connectivity index (χ0) is 40.5. The fraction of sp³-hybridized carbons (Fsp3) is 0.341. The van der Waals surface area contributed by atoms with E-state index in [0.717, 1.165) is 16.9 Å². The van der Waals surface area contributed by atoms with Gasteiger partial charge in [0.25, 0.3) is 5.91 Å². The van der Waals surface area contributed by atoms with Crippen molar-refractivity contribution in [2.45, 2.75) is 32.4 Å². The van der Waals surface area contributed by atoms with Crippen LogP contribution in [0.1, 0.15) is 46.0 Å². The second-order valence-electron chi connectivity index (χ2n) is 14.6. The molecule has 3 saturated heterocycles. The van der Waals surface area contributed by atoms with Gasteiger partial charge >= 0.3 is 6.03 Å². The number of Topliss-reactive ketones (excluding diaryl/α,β-unsaturated/α-hetero) is 1. The molecule has 58 heavy (non-hydrogen) atoms. The highest BCUT2D eigenvalue weighted by atomic mass is 35.5. The quantitative estimate of drug-likeness (QED) is 0.158. The SMILES string of the molecule is COc1cc(N2CCN(C(=O)N3CCN(c4ccc5c(c4)CN(C4CCC(=O)NC4=O)C5=O)CC3)CC2)ccc1Nc1ncc(Cl)c(Nc2ccccc2C(C)=O)n1. The van der Waals surface area contributed by atoms with E-state index in [2.05, 4.69) is 35.7 Å². The average molecular weight is 807 g/mol. The Kier molecular flexibility index (Phi) is 10.7. The molecule has 1 atom stereocenters. The number of imide groups is 1. The van der Waals surface area contributed by atoms with Crippen molar-refractivity contribution in [2.75, 3.05) is 79.9 Å². The number of ether oxygens (including phenoxy) is 1. The summed E-state index contributed by atoms with van der Waals surface area (Å²) in [6.45, 7) is 6.74. The molecule has 5 heterocycles. The standard InChI is InChI=1S/C41H43ClN10O6/c1-25(53)29-5-3-4-6-32(29)44-37-31(42)23-43-40(47-37)45-33-10-8-28(22-35(33)58-2)49-15-19-51(20-16-49)41(57)50-17-13-48(14-18-50)27-7-9-30-26(21-27)24-52(39(30)56)34-11-12-36(54)46-38(34)55/h3-10,21-23,34H,11-20,24H2,1-2H3,(H,46,54,55)(H2,43,44,45,47). The number of nitrogens with one attached hydrogen (secondary N) is 3. The number of carbonyl (C=O) groups excluding carboxylic acids is 5. The topological polar surface area (TPSA) is 173 Å². The van der Waals surface area contributed by atoms with Crippen molar-refractivity contribution in [3.05, 3.63) is 88.6 Å². The number of hydrogen-bond donors (Lipinski definition) is 3. The first kappa shape index (κ1) is 38.5. The summed E-state index contributed by atoms with van der Waals surface area (Å²) in [4.78, 5) is 81.7. The number of amides is 5. The summed E-state index contributed by atoms with van der Waals surface area (Å²) in [5, 5.41) is 9.01.